The van der Waals surface area contributed by atoms with Crippen LogP contribution < -0.4 is 5.32 Å². The number of aromatic nitrogens is 4. The van der Waals surface area contributed by atoms with Crippen LogP contribution in [0.15, 0.2) is 16.7 Å². The molecular formula is C14H22BrN5. The lowest BCUT2D eigenvalue weighted by Gasteiger charge is -2.19. The van der Waals surface area contributed by atoms with Gasteiger partial charge >= 0.3 is 0 Å². The molecule has 0 bridgehead atoms. The Kier molecular flexibility index (Phi) is 4.99. The van der Waals surface area contributed by atoms with Crippen molar-refractivity contribution in [2.45, 2.75) is 39.8 Å². The molecule has 1 N–H and O–H groups in total. The highest BCUT2D eigenvalue weighted by Gasteiger charge is 2.20. The summed E-state index contributed by atoms with van der Waals surface area (Å²) in [4.78, 5) is 0. The minimum Gasteiger partial charge on any atom is -0.309 e. The molecule has 110 valence electrons. The van der Waals surface area contributed by atoms with E-state index >= 15 is 0 Å². The predicted molar refractivity (Wildman–Crippen MR) is 83.7 cm³/mol. The van der Waals surface area contributed by atoms with Crippen molar-refractivity contribution in [1.82, 2.24) is 24.9 Å². The summed E-state index contributed by atoms with van der Waals surface area (Å²) in [6.07, 6.45) is 2.74. The van der Waals surface area contributed by atoms with Gasteiger partial charge in [0.15, 0.2) is 0 Å². The van der Waals surface area contributed by atoms with Gasteiger partial charge in [0.05, 0.1) is 27.6 Å². The van der Waals surface area contributed by atoms with E-state index in [1.54, 1.807) is 0 Å². The number of halogens is 1. The summed E-state index contributed by atoms with van der Waals surface area (Å²) in [6.45, 7) is 8.08. The highest BCUT2D eigenvalue weighted by atomic mass is 79.9. The number of hydrogen-bond acceptors (Lipinski definition) is 3. The second kappa shape index (κ2) is 6.54. The van der Waals surface area contributed by atoms with Crippen molar-refractivity contribution in [1.29, 1.82) is 0 Å². The van der Waals surface area contributed by atoms with E-state index in [0.29, 0.717) is 0 Å². The van der Waals surface area contributed by atoms with Gasteiger partial charge in [0, 0.05) is 26.2 Å². The van der Waals surface area contributed by atoms with Gasteiger partial charge in [-0.05, 0) is 42.4 Å². The standard InChI is InChI=1S/C14H22BrN5/c1-5-16-11(12-7-8-17-19(12)4)9-13-14(15)10(3)18-20(13)6-2/h7-8,11,16H,5-6,9H2,1-4H3. The molecule has 0 aliphatic rings. The van der Waals surface area contributed by atoms with Crippen LogP contribution in [0.25, 0.3) is 0 Å². The number of nitrogens with zero attached hydrogens (tertiary/aromatic N) is 4. The van der Waals surface area contributed by atoms with Gasteiger partial charge in [-0.15, -0.1) is 0 Å². The van der Waals surface area contributed by atoms with Crippen LogP contribution in [0.5, 0.6) is 0 Å². The Morgan fingerprint density at radius 1 is 1.40 bits per heavy atom. The van der Waals surface area contributed by atoms with Crippen LogP contribution in [0, 0.1) is 6.92 Å². The van der Waals surface area contributed by atoms with Crippen LogP contribution in [0.3, 0.4) is 0 Å². The molecule has 0 fully saturated rings. The van der Waals surface area contributed by atoms with Crippen LogP contribution in [0.4, 0.5) is 0 Å². The largest absolute Gasteiger partial charge is 0.309 e. The molecule has 1 unspecified atom stereocenters. The van der Waals surface area contributed by atoms with Crippen LogP contribution in [-0.2, 0) is 20.0 Å². The van der Waals surface area contributed by atoms with Gasteiger partial charge in [-0.25, -0.2) is 0 Å². The van der Waals surface area contributed by atoms with E-state index < -0.39 is 0 Å². The number of rotatable bonds is 6. The van der Waals surface area contributed by atoms with E-state index in [1.807, 2.05) is 24.9 Å². The molecule has 2 aromatic heterocycles. The van der Waals surface area contributed by atoms with Crippen molar-refractivity contribution < 1.29 is 0 Å². The van der Waals surface area contributed by atoms with Crippen molar-refractivity contribution >= 4 is 15.9 Å². The number of aryl methyl sites for hydroxylation is 3. The SMILES string of the molecule is CCNC(Cc1c(Br)c(C)nn1CC)c1ccnn1C. The Morgan fingerprint density at radius 2 is 2.15 bits per heavy atom. The van der Waals surface area contributed by atoms with Gasteiger partial charge < -0.3 is 5.32 Å². The summed E-state index contributed by atoms with van der Waals surface area (Å²) in [6, 6.07) is 2.31. The second-order valence-corrected chi connectivity index (χ2v) is 5.65. The molecule has 0 aliphatic heterocycles. The zero-order valence-corrected chi connectivity index (χ0v) is 14.1. The first-order chi connectivity index (χ1) is 9.58. The Hall–Kier alpha value is -1.14. The molecule has 0 saturated heterocycles. The maximum absolute atomic E-state index is 4.57. The molecule has 0 radical (unpaired) electrons. The van der Waals surface area contributed by atoms with Gasteiger partial charge in [-0.1, -0.05) is 6.92 Å². The monoisotopic (exact) mass is 339 g/mol. The average Bonchev–Trinajstić information content (AvgIpc) is 2.96. The van der Waals surface area contributed by atoms with Gasteiger partial charge in [-0.3, -0.25) is 9.36 Å². The third kappa shape index (κ3) is 2.96. The zero-order valence-electron chi connectivity index (χ0n) is 12.5. The Balaban J connectivity index is 2.31. The molecule has 0 amide bonds. The lowest BCUT2D eigenvalue weighted by Crippen LogP contribution is -2.26. The maximum Gasteiger partial charge on any atom is 0.0738 e. The molecule has 0 spiro atoms. The molecule has 1 atom stereocenters. The highest BCUT2D eigenvalue weighted by Crippen LogP contribution is 2.26. The summed E-state index contributed by atoms with van der Waals surface area (Å²) < 4.78 is 5.12. The van der Waals surface area contributed by atoms with Gasteiger partial charge in [-0.2, -0.15) is 10.2 Å². The molecule has 2 aromatic rings. The fourth-order valence-corrected chi connectivity index (χ4v) is 2.96. The fraction of sp³-hybridized carbons (Fsp3) is 0.571. The molecule has 2 heterocycles. The first kappa shape index (κ1) is 15.3. The predicted octanol–water partition coefficient (Wildman–Crippen LogP) is 2.60. The molecule has 0 saturated carbocycles. The van der Waals surface area contributed by atoms with Crippen LogP contribution in [0.1, 0.15) is 37.0 Å². The van der Waals surface area contributed by atoms with Gasteiger partial charge in [0.2, 0.25) is 0 Å². The summed E-state index contributed by atoms with van der Waals surface area (Å²) in [5, 5.41) is 12.4. The summed E-state index contributed by atoms with van der Waals surface area (Å²) in [5.74, 6) is 0. The summed E-state index contributed by atoms with van der Waals surface area (Å²) >= 11 is 3.67. The van der Waals surface area contributed by atoms with E-state index in [1.165, 1.54) is 11.4 Å². The van der Waals surface area contributed by atoms with E-state index in [-0.39, 0.29) is 6.04 Å². The molecule has 0 aliphatic carbocycles. The zero-order chi connectivity index (χ0) is 14.7. The van der Waals surface area contributed by atoms with Crippen molar-refractivity contribution in [2.75, 3.05) is 6.54 Å². The molecule has 6 heteroatoms. The molecular weight excluding hydrogens is 318 g/mol. The third-order valence-corrected chi connectivity index (χ3v) is 4.55. The Labute approximate surface area is 128 Å². The molecule has 5 nitrogen and oxygen atoms in total. The van der Waals surface area contributed by atoms with E-state index in [2.05, 4.69) is 56.0 Å². The first-order valence-electron chi connectivity index (χ1n) is 7.01. The normalized spacial score (nSPS) is 12.8. The van der Waals surface area contributed by atoms with Crippen molar-refractivity contribution in [3.63, 3.8) is 0 Å². The number of nitrogens with one attached hydrogen (secondary N) is 1. The van der Waals surface area contributed by atoms with Crippen LogP contribution >= 0.6 is 15.9 Å². The van der Waals surface area contributed by atoms with Crippen molar-refractivity contribution in [3.05, 3.63) is 33.8 Å². The highest BCUT2D eigenvalue weighted by molar-refractivity contribution is 9.10. The van der Waals surface area contributed by atoms with Gasteiger partial charge in [0.1, 0.15) is 0 Å². The number of likely N-dealkylation sites (N-methyl/N-ethyl adjacent to an activating group) is 1. The third-order valence-electron chi connectivity index (χ3n) is 3.52. The Bertz CT molecular complexity index is 572. The second-order valence-electron chi connectivity index (χ2n) is 4.86. The van der Waals surface area contributed by atoms with Crippen LogP contribution in [0.2, 0.25) is 0 Å². The Morgan fingerprint density at radius 3 is 2.70 bits per heavy atom. The summed E-state index contributed by atoms with van der Waals surface area (Å²) in [7, 11) is 1.98. The van der Waals surface area contributed by atoms with E-state index in [9.17, 15) is 0 Å². The smallest absolute Gasteiger partial charge is 0.0738 e. The van der Waals surface area contributed by atoms with Crippen molar-refractivity contribution in [3.8, 4) is 0 Å². The van der Waals surface area contributed by atoms with Crippen molar-refractivity contribution in [2.24, 2.45) is 7.05 Å². The quantitative estimate of drug-likeness (QED) is 0.879. The molecule has 2 rings (SSSR count). The lowest BCUT2D eigenvalue weighted by molar-refractivity contribution is 0.485. The topological polar surface area (TPSA) is 47.7 Å². The minimum absolute atomic E-state index is 0.241. The minimum atomic E-state index is 0.241. The average molecular weight is 340 g/mol. The lowest BCUT2D eigenvalue weighted by atomic mass is 10.1. The molecule has 20 heavy (non-hydrogen) atoms. The van der Waals surface area contributed by atoms with Gasteiger partial charge in [0.25, 0.3) is 0 Å². The molecule has 0 aromatic carbocycles. The van der Waals surface area contributed by atoms with Crippen LogP contribution in [-0.4, -0.2) is 26.1 Å². The number of hydrogen-bond donors (Lipinski definition) is 1. The first-order valence-corrected chi connectivity index (χ1v) is 7.80. The maximum atomic E-state index is 4.57. The van der Waals surface area contributed by atoms with E-state index in [4.69, 9.17) is 0 Å². The summed E-state index contributed by atoms with van der Waals surface area (Å²) in [5.41, 5.74) is 3.47. The fourth-order valence-electron chi connectivity index (χ4n) is 2.51. The van der Waals surface area contributed by atoms with E-state index in [0.717, 1.165) is 29.7 Å².